The maximum atomic E-state index is 12.7. The molecule has 0 spiro atoms. The van der Waals surface area contributed by atoms with Gasteiger partial charge in [-0.25, -0.2) is 4.68 Å². The number of hydrogen-bond donors (Lipinski definition) is 2. The maximum Gasteiger partial charge on any atom is 0.306 e. The highest BCUT2D eigenvalue weighted by atomic mass is 16.4. The summed E-state index contributed by atoms with van der Waals surface area (Å²) in [7, 11) is 0. The average Bonchev–Trinajstić information content (AvgIpc) is 3.33. The van der Waals surface area contributed by atoms with Crippen molar-refractivity contribution >= 4 is 11.9 Å². The van der Waals surface area contributed by atoms with Gasteiger partial charge in [-0.15, -0.1) is 5.10 Å². The molecule has 2 N–H and O–H groups in total. The van der Waals surface area contributed by atoms with Crippen LogP contribution in [0.15, 0.2) is 30.6 Å². The first kappa shape index (κ1) is 15.8. The molecule has 1 fully saturated rings. The second kappa shape index (κ2) is 6.31. The second-order valence-electron chi connectivity index (χ2n) is 6.87. The van der Waals surface area contributed by atoms with Crippen molar-refractivity contribution in [2.45, 2.75) is 44.2 Å². The van der Waals surface area contributed by atoms with Gasteiger partial charge in [0.1, 0.15) is 0 Å². The fraction of sp³-hybridized carbons (Fsp3) is 0.444. The number of benzene rings is 1. The van der Waals surface area contributed by atoms with E-state index >= 15 is 0 Å². The molecule has 1 unspecified atom stereocenters. The molecular formula is C18H20N4O3. The Morgan fingerprint density at radius 3 is 2.80 bits per heavy atom. The zero-order valence-corrected chi connectivity index (χ0v) is 13.8. The van der Waals surface area contributed by atoms with E-state index in [0.29, 0.717) is 18.4 Å². The van der Waals surface area contributed by atoms with Gasteiger partial charge < -0.3 is 10.4 Å². The van der Waals surface area contributed by atoms with Gasteiger partial charge >= 0.3 is 5.97 Å². The Hall–Kier alpha value is -2.70. The van der Waals surface area contributed by atoms with Gasteiger partial charge in [0.15, 0.2) is 0 Å². The van der Waals surface area contributed by atoms with Crippen molar-refractivity contribution in [2.75, 3.05) is 0 Å². The molecule has 0 bridgehead atoms. The number of aliphatic carboxylic acids is 1. The quantitative estimate of drug-likeness (QED) is 0.881. The van der Waals surface area contributed by atoms with Crippen molar-refractivity contribution < 1.29 is 14.7 Å². The number of carbonyl (C=O) groups excluding carboxylic acids is 1. The molecule has 2 aliphatic carbocycles. The maximum absolute atomic E-state index is 12.7. The molecule has 4 rings (SSSR count). The van der Waals surface area contributed by atoms with Crippen LogP contribution in [0.2, 0.25) is 0 Å². The van der Waals surface area contributed by atoms with Crippen LogP contribution in [-0.2, 0) is 17.6 Å². The summed E-state index contributed by atoms with van der Waals surface area (Å²) in [6.45, 7) is 0. The summed E-state index contributed by atoms with van der Waals surface area (Å²) in [4.78, 5) is 24.1. The number of aryl methyl sites for hydroxylation is 2. The van der Waals surface area contributed by atoms with Crippen molar-refractivity contribution in [3.63, 3.8) is 0 Å². The number of carboxylic acids is 1. The zero-order chi connectivity index (χ0) is 17.4. The first-order chi connectivity index (χ1) is 12.1. The number of carboxylic acid groups (broad SMARTS) is 1. The third-order valence-electron chi connectivity index (χ3n) is 5.34. The van der Waals surface area contributed by atoms with Crippen molar-refractivity contribution in [1.29, 1.82) is 0 Å². The summed E-state index contributed by atoms with van der Waals surface area (Å²) in [6, 6.07) is 5.38. The Morgan fingerprint density at radius 1 is 1.20 bits per heavy atom. The predicted octanol–water partition coefficient (Wildman–Crippen LogP) is 1.60. The molecule has 0 radical (unpaired) electrons. The van der Waals surface area contributed by atoms with Crippen LogP contribution in [0.3, 0.4) is 0 Å². The number of aromatic nitrogens is 3. The van der Waals surface area contributed by atoms with Crippen molar-refractivity contribution in [2.24, 2.45) is 5.92 Å². The summed E-state index contributed by atoms with van der Waals surface area (Å²) in [5.74, 6) is -1.48. The highest BCUT2D eigenvalue weighted by Crippen LogP contribution is 2.35. The highest BCUT2D eigenvalue weighted by Gasteiger charge is 2.40. The number of amides is 1. The number of rotatable bonds is 4. The number of carbonyl (C=O) groups is 2. The molecule has 130 valence electrons. The molecule has 2 aromatic rings. The number of fused-ring (bicyclic) bond motifs is 1. The fourth-order valence-corrected chi connectivity index (χ4v) is 4.02. The summed E-state index contributed by atoms with van der Waals surface area (Å²) in [6.07, 6.45) is 7.34. The van der Waals surface area contributed by atoms with Gasteiger partial charge in [0.05, 0.1) is 24.2 Å². The average molecular weight is 340 g/mol. The smallest absolute Gasteiger partial charge is 0.306 e. The van der Waals surface area contributed by atoms with Crippen LogP contribution in [0.4, 0.5) is 0 Å². The lowest BCUT2D eigenvalue weighted by Gasteiger charge is -2.21. The summed E-state index contributed by atoms with van der Waals surface area (Å²) >= 11 is 0. The molecule has 1 amide bonds. The molecule has 7 nitrogen and oxygen atoms in total. The highest BCUT2D eigenvalue weighted by molar-refractivity contribution is 5.94. The number of nitrogens with zero attached hydrogens (tertiary/aromatic N) is 3. The summed E-state index contributed by atoms with van der Waals surface area (Å²) in [5, 5.41) is 20.2. The van der Waals surface area contributed by atoms with Crippen LogP contribution in [-0.4, -0.2) is 38.0 Å². The Morgan fingerprint density at radius 2 is 2.04 bits per heavy atom. The normalized spacial score (nSPS) is 24.9. The summed E-state index contributed by atoms with van der Waals surface area (Å²) in [5.41, 5.74) is 3.20. The molecule has 1 saturated carbocycles. The Labute approximate surface area is 145 Å². The van der Waals surface area contributed by atoms with Gasteiger partial charge in [0, 0.05) is 11.8 Å². The second-order valence-corrected chi connectivity index (χ2v) is 6.87. The molecule has 0 aliphatic heterocycles. The lowest BCUT2D eigenvalue weighted by atomic mass is 10.1. The molecular weight excluding hydrogens is 320 g/mol. The molecule has 1 heterocycles. The van der Waals surface area contributed by atoms with Gasteiger partial charge in [-0.05, 0) is 55.4 Å². The minimum Gasteiger partial charge on any atom is -0.481 e. The SMILES string of the molecule is O=C(N[C@@H]1CC(C(=O)O)C[C@@H]1n1ccnn1)c1ccc2c(c1)CCC2. The van der Waals surface area contributed by atoms with Crippen LogP contribution in [0.5, 0.6) is 0 Å². The minimum atomic E-state index is -0.834. The first-order valence-electron chi connectivity index (χ1n) is 8.63. The predicted molar refractivity (Wildman–Crippen MR) is 89.1 cm³/mol. The van der Waals surface area contributed by atoms with E-state index in [2.05, 4.69) is 15.6 Å². The van der Waals surface area contributed by atoms with Crippen LogP contribution in [0.1, 0.15) is 46.8 Å². The Balaban J connectivity index is 1.53. The molecule has 25 heavy (non-hydrogen) atoms. The van der Waals surface area contributed by atoms with E-state index < -0.39 is 11.9 Å². The molecule has 0 saturated heterocycles. The fourth-order valence-electron chi connectivity index (χ4n) is 4.02. The van der Waals surface area contributed by atoms with E-state index in [9.17, 15) is 14.7 Å². The van der Waals surface area contributed by atoms with Gasteiger partial charge in [0.25, 0.3) is 5.91 Å². The minimum absolute atomic E-state index is 0.157. The van der Waals surface area contributed by atoms with E-state index in [0.717, 1.165) is 19.3 Å². The van der Waals surface area contributed by atoms with Crippen LogP contribution in [0, 0.1) is 5.92 Å². The van der Waals surface area contributed by atoms with Gasteiger partial charge in [0.2, 0.25) is 0 Å². The topological polar surface area (TPSA) is 97.1 Å². The van der Waals surface area contributed by atoms with Crippen LogP contribution >= 0.6 is 0 Å². The molecule has 7 heteroatoms. The third-order valence-corrected chi connectivity index (χ3v) is 5.34. The summed E-state index contributed by atoms with van der Waals surface area (Å²) < 4.78 is 1.65. The van der Waals surface area contributed by atoms with Crippen LogP contribution < -0.4 is 5.32 Å². The van der Waals surface area contributed by atoms with E-state index in [4.69, 9.17) is 0 Å². The molecule has 2 aliphatic rings. The number of nitrogens with one attached hydrogen (secondary N) is 1. The van der Waals surface area contributed by atoms with Crippen molar-refractivity contribution in [3.05, 3.63) is 47.3 Å². The zero-order valence-electron chi connectivity index (χ0n) is 13.8. The lowest BCUT2D eigenvalue weighted by molar-refractivity contribution is -0.141. The molecule has 1 aromatic heterocycles. The van der Waals surface area contributed by atoms with E-state index in [-0.39, 0.29) is 18.0 Å². The lowest BCUT2D eigenvalue weighted by Crippen LogP contribution is -2.38. The molecule has 3 atom stereocenters. The molecule has 1 aromatic carbocycles. The van der Waals surface area contributed by atoms with Gasteiger partial charge in [-0.2, -0.15) is 0 Å². The van der Waals surface area contributed by atoms with E-state index in [1.807, 2.05) is 18.2 Å². The van der Waals surface area contributed by atoms with E-state index in [1.165, 1.54) is 11.1 Å². The number of hydrogen-bond acceptors (Lipinski definition) is 4. The Kier molecular flexibility index (Phi) is 3.99. The third kappa shape index (κ3) is 3.01. The first-order valence-corrected chi connectivity index (χ1v) is 8.63. The van der Waals surface area contributed by atoms with Crippen molar-refractivity contribution in [1.82, 2.24) is 20.3 Å². The van der Waals surface area contributed by atoms with Crippen molar-refractivity contribution in [3.8, 4) is 0 Å². The monoisotopic (exact) mass is 340 g/mol. The standard InChI is InChI=1S/C18H20N4O3/c23-17(13-5-4-11-2-1-3-12(11)8-13)20-15-9-14(18(24)25)10-16(15)22-7-6-19-21-22/h4-8,14-16H,1-3,9-10H2,(H,20,23)(H,24,25)/t14?,15-,16+/m1/s1. The Bertz CT molecular complexity index is 803. The van der Waals surface area contributed by atoms with Gasteiger partial charge in [-0.1, -0.05) is 11.3 Å². The van der Waals surface area contributed by atoms with Gasteiger partial charge in [-0.3, -0.25) is 9.59 Å². The van der Waals surface area contributed by atoms with E-state index in [1.54, 1.807) is 17.1 Å². The largest absolute Gasteiger partial charge is 0.481 e. The van der Waals surface area contributed by atoms with Crippen LogP contribution in [0.25, 0.3) is 0 Å².